The van der Waals surface area contributed by atoms with Gasteiger partial charge in [-0.05, 0) is 46.9 Å². The van der Waals surface area contributed by atoms with Gasteiger partial charge in [0, 0.05) is 14.0 Å². The molecule has 20 heavy (non-hydrogen) atoms. The number of nitrogen functional groups attached to an aromatic ring is 1. The van der Waals surface area contributed by atoms with Crippen LogP contribution in [-0.2, 0) is 0 Å². The number of nitrogens with zero attached hydrogens (tertiary/aromatic N) is 1. The summed E-state index contributed by atoms with van der Waals surface area (Å²) < 4.78 is 1.04. The Morgan fingerprint density at radius 1 is 1.15 bits per heavy atom. The first-order valence-electron chi connectivity index (χ1n) is 6.00. The molecular weight excluding hydrogens is 385 g/mol. The van der Waals surface area contributed by atoms with Crippen LogP contribution < -0.4 is 11.1 Å². The Morgan fingerprint density at radius 2 is 1.95 bits per heavy atom. The third-order valence-corrected chi connectivity index (χ3v) is 4.12. The molecule has 3 nitrogen and oxygen atoms in total. The van der Waals surface area contributed by atoms with E-state index >= 15 is 0 Å². The number of fused-ring (bicyclic) bond motifs is 1. The fraction of sp³-hybridized carbons (Fsp3) is 0. The van der Waals surface area contributed by atoms with Crippen molar-refractivity contribution in [1.29, 1.82) is 0 Å². The van der Waals surface area contributed by atoms with Crippen molar-refractivity contribution in [3.05, 3.63) is 57.3 Å². The normalized spacial score (nSPS) is 10.7. The lowest BCUT2D eigenvalue weighted by Crippen LogP contribution is -2.00. The average molecular weight is 396 g/mol. The number of nitrogens with two attached hydrogens (primary N) is 1. The monoisotopic (exact) mass is 395 g/mol. The van der Waals surface area contributed by atoms with E-state index in [1.165, 1.54) is 0 Å². The van der Waals surface area contributed by atoms with Crippen molar-refractivity contribution < 1.29 is 0 Å². The number of benzene rings is 2. The molecule has 2 aromatic carbocycles. The molecule has 0 aliphatic heterocycles. The van der Waals surface area contributed by atoms with Gasteiger partial charge in [0.25, 0.3) is 0 Å². The highest BCUT2D eigenvalue weighted by Crippen LogP contribution is 2.32. The molecule has 0 aliphatic rings. The molecule has 3 aromatic rings. The number of rotatable bonds is 2. The van der Waals surface area contributed by atoms with Crippen molar-refractivity contribution in [3.8, 4) is 0 Å². The molecule has 0 bridgehead atoms. The molecule has 3 N–H and O–H groups in total. The number of hydrogen-bond donors (Lipinski definition) is 2. The maximum absolute atomic E-state index is 6.06. The first-order chi connectivity index (χ1) is 9.65. The van der Waals surface area contributed by atoms with Gasteiger partial charge in [0.1, 0.15) is 0 Å². The molecule has 0 fully saturated rings. The van der Waals surface area contributed by atoms with Gasteiger partial charge >= 0.3 is 0 Å². The second-order valence-electron chi connectivity index (χ2n) is 4.35. The minimum atomic E-state index is 0.620. The average Bonchev–Trinajstić information content (AvgIpc) is 2.44. The van der Waals surface area contributed by atoms with Crippen LogP contribution in [0.5, 0.6) is 0 Å². The highest BCUT2D eigenvalue weighted by atomic mass is 127. The molecule has 0 saturated carbocycles. The molecule has 0 spiro atoms. The molecule has 1 heterocycles. The van der Waals surface area contributed by atoms with Crippen LogP contribution in [0.25, 0.3) is 10.9 Å². The van der Waals surface area contributed by atoms with Gasteiger partial charge in [-0.1, -0.05) is 29.8 Å². The molecule has 0 radical (unpaired) electrons. The van der Waals surface area contributed by atoms with Crippen LogP contribution in [0.1, 0.15) is 0 Å². The van der Waals surface area contributed by atoms with Crippen molar-refractivity contribution in [3.63, 3.8) is 0 Å². The summed E-state index contributed by atoms with van der Waals surface area (Å²) in [7, 11) is 0. The first-order valence-corrected chi connectivity index (χ1v) is 7.46. The topological polar surface area (TPSA) is 50.9 Å². The summed E-state index contributed by atoms with van der Waals surface area (Å²) in [4.78, 5) is 4.33. The first kappa shape index (κ1) is 13.5. The zero-order valence-electron chi connectivity index (χ0n) is 10.4. The van der Waals surface area contributed by atoms with E-state index in [4.69, 9.17) is 17.3 Å². The molecular formula is C15H11ClIN3. The Bertz CT molecular complexity index is 789. The molecule has 3 rings (SSSR count). The van der Waals surface area contributed by atoms with Gasteiger partial charge in [-0.3, -0.25) is 4.98 Å². The van der Waals surface area contributed by atoms with Crippen molar-refractivity contribution in [2.45, 2.75) is 0 Å². The molecule has 0 saturated heterocycles. The van der Waals surface area contributed by atoms with Crippen LogP contribution in [-0.4, -0.2) is 4.98 Å². The molecule has 0 atom stereocenters. The molecule has 100 valence electrons. The zero-order valence-corrected chi connectivity index (χ0v) is 13.3. The molecule has 5 heteroatoms. The summed E-state index contributed by atoms with van der Waals surface area (Å²) in [5.41, 5.74) is 9.43. The number of hydrogen-bond acceptors (Lipinski definition) is 3. The predicted octanol–water partition coefficient (Wildman–Crippen LogP) is 4.82. The Hall–Kier alpha value is -1.53. The minimum Gasteiger partial charge on any atom is -0.396 e. The van der Waals surface area contributed by atoms with Crippen molar-refractivity contribution in [2.75, 3.05) is 11.1 Å². The smallest absolute Gasteiger partial charge is 0.0746 e. The zero-order chi connectivity index (χ0) is 14.1. The van der Waals surface area contributed by atoms with Crippen LogP contribution in [0.15, 0.2) is 48.7 Å². The van der Waals surface area contributed by atoms with E-state index in [1.807, 2.05) is 42.5 Å². The highest BCUT2D eigenvalue weighted by molar-refractivity contribution is 14.1. The Morgan fingerprint density at radius 3 is 2.75 bits per heavy atom. The summed E-state index contributed by atoms with van der Waals surface area (Å²) in [6.07, 6.45) is 1.67. The van der Waals surface area contributed by atoms with E-state index in [0.29, 0.717) is 10.7 Å². The van der Waals surface area contributed by atoms with E-state index in [9.17, 15) is 0 Å². The number of aromatic nitrogens is 1. The second-order valence-corrected chi connectivity index (χ2v) is 5.95. The predicted molar refractivity (Wildman–Crippen MR) is 93.6 cm³/mol. The van der Waals surface area contributed by atoms with Crippen LogP contribution in [0.4, 0.5) is 17.1 Å². The number of para-hydroxylation sites is 1. The van der Waals surface area contributed by atoms with E-state index in [2.05, 4.69) is 32.9 Å². The number of nitrogens with one attached hydrogen (secondary N) is 1. The van der Waals surface area contributed by atoms with Crippen LogP contribution in [0.2, 0.25) is 5.02 Å². The summed E-state index contributed by atoms with van der Waals surface area (Å²) in [5, 5.41) is 5.09. The van der Waals surface area contributed by atoms with E-state index in [1.54, 1.807) is 6.20 Å². The molecule has 0 aliphatic carbocycles. The standard InChI is InChI=1S/C15H11ClIN3/c16-9-5-6-14(11(17)7-9)20-15-10-3-1-2-4-13(10)19-8-12(15)18/h1-8H,18H2,(H,19,20). The Labute approximate surface area is 135 Å². The lowest BCUT2D eigenvalue weighted by Gasteiger charge is -2.13. The van der Waals surface area contributed by atoms with Gasteiger partial charge in [-0.2, -0.15) is 0 Å². The van der Waals surface area contributed by atoms with Gasteiger partial charge in [-0.15, -0.1) is 0 Å². The van der Waals surface area contributed by atoms with Crippen LogP contribution in [0.3, 0.4) is 0 Å². The van der Waals surface area contributed by atoms with Gasteiger partial charge in [-0.25, -0.2) is 0 Å². The van der Waals surface area contributed by atoms with Crippen LogP contribution in [0, 0.1) is 3.57 Å². The van der Waals surface area contributed by atoms with E-state index < -0.39 is 0 Å². The SMILES string of the molecule is Nc1cnc2ccccc2c1Nc1ccc(Cl)cc1I. The van der Waals surface area contributed by atoms with Gasteiger partial charge in [0.2, 0.25) is 0 Å². The van der Waals surface area contributed by atoms with Crippen molar-refractivity contribution >= 4 is 62.2 Å². The number of halogens is 2. The highest BCUT2D eigenvalue weighted by Gasteiger charge is 2.08. The summed E-state index contributed by atoms with van der Waals surface area (Å²) >= 11 is 8.22. The van der Waals surface area contributed by atoms with Crippen molar-refractivity contribution in [1.82, 2.24) is 4.98 Å². The number of anilines is 3. The Balaban J connectivity index is 2.12. The second kappa shape index (κ2) is 5.46. The fourth-order valence-electron chi connectivity index (χ4n) is 2.02. The number of pyridine rings is 1. The molecule has 0 unspecified atom stereocenters. The largest absolute Gasteiger partial charge is 0.396 e. The third kappa shape index (κ3) is 2.53. The summed E-state index contributed by atoms with van der Waals surface area (Å²) in [6.45, 7) is 0. The lowest BCUT2D eigenvalue weighted by atomic mass is 10.1. The van der Waals surface area contributed by atoms with Crippen molar-refractivity contribution in [2.24, 2.45) is 0 Å². The van der Waals surface area contributed by atoms with Gasteiger partial charge < -0.3 is 11.1 Å². The van der Waals surface area contributed by atoms with E-state index in [0.717, 1.165) is 25.8 Å². The maximum Gasteiger partial charge on any atom is 0.0746 e. The molecule has 0 amide bonds. The lowest BCUT2D eigenvalue weighted by molar-refractivity contribution is 1.40. The maximum atomic E-state index is 6.06. The van der Waals surface area contributed by atoms with Gasteiger partial charge in [0.15, 0.2) is 0 Å². The van der Waals surface area contributed by atoms with Gasteiger partial charge in [0.05, 0.1) is 28.8 Å². The Kier molecular flexibility index (Phi) is 3.67. The third-order valence-electron chi connectivity index (χ3n) is 3.00. The summed E-state index contributed by atoms with van der Waals surface area (Å²) in [6, 6.07) is 13.6. The quantitative estimate of drug-likeness (QED) is 0.612. The van der Waals surface area contributed by atoms with E-state index in [-0.39, 0.29) is 0 Å². The molecule has 1 aromatic heterocycles. The van der Waals surface area contributed by atoms with Crippen LogP contribution >= 0.6 is 34.2 Å². The fourth-order valence-corrected chi connectivity index (χ4v) is 3.03. The summed E-state index contributed by atoms with van der Waals surface area (Å²) in [5.74, 6) is 0. The minimum absolute atomic E-state index is 0.620.